The lowest BCUT2D eigenvalue weighted by Crippen LogP contribution is -2.30. The van der Waals surface area contributed by atoms with Crippen molar-refractivity contribution in [3.05, 3.63) is 106 Å². The predicted octanol–water partition coefficient (Wildman–Crippen LogP) is 5.74. The smallest absolute Gasteiger partial charge is 0.265 e. The number of carbonyl (C=O) groups excluding carboxylic acids is 3. The summed E-state index contributed by atoms with van der Waals surface area (Å²) in [7, 11) is -2.73. The van der Waals surface area contributed by atoms with E-state index < -0.39 is 15.9 Å². The third-order valence-corrected chi connectivity index (χ3v) is 10.7. The van der Waals surface area contributed by atoms with E-state index in [0.29, 0.717) is 12.3 Å². The zero-order chi connectivity index (χ0) is 34.5. The molecule has 0 saturated carbocycles. The Labute approximate surface area is 290 Å². The molecule has 3 heterocycles. The number of nitrogens with zero attached hydrogens (tertiary/aromatic N) is 3. The lowest BCUT2D eigenvalue weighted by molar-refractivity contribution is -0.125. The molecule has 254 valence electrons. The second-order valence-corrected chi connectivity index (χ2v) is 14.2. The number of fused-ring (bicyclic) bond motifs is 1. The van der Waals surface area contributed by atoms with Gasteiger partial charge in [0.15, 0.2) is 0 Å². The molecule has 4 aromatic rings. The van der Waals surface area contributed by atoms with Gasteiger partial charge in [0.1, 0.15) is 10.6 Å². The first-order valence-electron chi connectivity index (χ1n) is 16.2. The maximum absolute atomic E-state index is 13.0. The first-order valence-corrected chi connectivity index (χ1v) is 18.0. The van der Waals surface area contributed by atoms with Crippen molar-refractivity contribution < 1.29 is 27.5 Å². The van der Waals surface area contributed by atoms with Gasteiger partial charge in [-0.05, 0) is 73.7 Å². The summed E-state index contributed by atoms with van der Waals surface area (Å²) in [5.41, 5.74) is 3.40. The zero-order valence-corrected chi connectivity index (χ0v) is 28.7. The highest BCUT2D eigenvalue weighted by atomic mass is 35.5. The first-order chi connectivity index (χ1) is 23.6. The van der Waals surface area contributed by atoms with Gasteiger partial charge in [-0.25, -0.2) is 13.1 Å². The molecule has 0 spiro atoms. The number of likely N-dealkylation sites (tertiary alicyclic amines) is 2. The maximum Gasteiger partial charge on any atom is 0.265 e. The minimum Gasteiger partial charge on any atom is -0.496 e. The number of hydrogen-bond acceptors (Lipinski definition) is 6. The summed E-state index contributed by atoms with van der Waals surface area (Å²) in [6.45, 7) is 3.41. The van der Waals surface area contributed by atoms with Crippen molar-refractivity contribution in [3.8, 4) is 5.75 Å². The highest BCUT2D eigenvalue weighted by molar-refractivity contribution is 7.90. The van der Waals surface area contributed by atoms with Gasteiger partial charge in [0.05, 0.1) is 18.7 Å². The standard InChI is InChI=1S/C37H37ClN4O6S/c1-48-33-23-27(37(45)39-49(46,47)34-9-3-2-8-31(34)38)12-13-29(33)25-42-24-28(14-17-36(44)41-20-6-7-21-41)30-15-10-26(22-32(30)42)11-16-35(43)40-18-4-5-19-40/h2-3,8-17,22-24H,4-7,18-21,25H2,1H3,(H,39,45). The number of halogens is 1. The van der Waals surface area contributed by atoms with E-state index in [4.69, 9.17) is 16.3 Å². The van der Waals surface area contributed by atoms with E-state index in [2.05, 4.69) is 4.72 Å². The van der Waals surface area contributed by atoms with Crippen LogP contribution in [0.15, 0.2) is 83.9 Å². The average Bonchev–Trinajstić information content (AvgIpc) is 3.89. The van der Waals surface area contributed by atoms with Gasteiger partial charge in [-0.15, -0.1) is 0 Å². The fourth-order valence-electron chi connectivity index (χ4n) is 6.22. The monoisotopic (exact) mass is 700 g/mol. The van der Waals surface area contributed by atoms with Crippen LogP contribution < -0.4 is 9.46 Å². The van der Waals surface area contributed by atoms with Crippen molar-refractivity contribution in [2.45, 2.75) is 37.1 Å². The molecule has 0 bridgehead atoms. The summed E-state index contributed by atoms with van der Waals surface area (Å²) in [4.78, 5) is 42.0. The van der Waals surface area contributed by atoms with Gasteiger partial charge in [-0.1, -0.05) is 41.9 Å². The van der Waals surface area contributed by atoms with Crippen molar-refractivity contribution in [3.63, 3.8) is 0 Å². The predicted molar refractivity (Wildman–Crippen MR) is 190 cm³/mol. The Bertz CT molecular complexity index is 2080. The van der Waals surface area contributed by atoms with Crippen molar-refractivity contribution in [2.75, 3.05) is 33.3 Å². The molecule has 1 aromatic heterocycles. The summed E-state index contributed by atoms with van der Waals surface area (Å²) in [6, 6.07) is 16.5. The Morgan fingerprint density at radius 3 is 2.16 bits per heavy atom. The van der Waals surface area contributed by atoms with E-state index in [9.17, 15) is 22.8 Å². The van der Waals surface area contributed by atoms with Crippen LogP contribution in [0.25, 0.3) is 23.1 Å². The summed E-state index contributed by atoms with van der Waals surface area (Å²) in [6.07, 6.45) is 12.9. The summed E-state index contributed by atoms with van der Waals surface area (Å²) >= 11 is 6.06. The lowest BCUT2D eigenvalue weighted by atomic mass is 10.1. The van der Waals surface area contributed by atoms with Crippen molar-refractivity contribution in [2.24, 2.45) is 0 Å². The molecule has 2 aliphatic heterocycles. The summed E-state index contributed by atoms with van der Waals surface area (Å²) in [5, 5.41) is 0.925. The molecule has 10 nitrogen and oxygen atoms in total. The Morgan fingerprint density at radius 1 is 0.857 bits per heavy atom. The Morgan fingerprint density at radius 2 is 1.51 bits per heavy atom. The molecule has 0 unspecified atom stereocenters. The first kappa shape index (κ1) is 34.0. The van der Waals surface area contributed by atoms with Gasteiger partial charge in [-0.3, -0.25) is 14.4 Å². The van der Waals surface area contributed by atoms with Gasteiger partial charge in [0.25, 0.3) is 15.9 Å². The molecule has 0 aliphatic carbocycles. The van der Waals surface area contributed by atoms with Crippen LogP contribution in [0.1, 0.15) is 52.7 Å². The number of carbonyl (C=O) groups is 3. The molecule has 2 saturated heterocycles. The second-order valence-electron chi connectivity index (χ2n) is 12.1. The molecular weight excluding hydrogens is 664 g/mol. The van der Waals surface area contributed by atoms with Crippen LogP contribution in [0.3, 0.4) is 0 Å². The van der Waals surface area contributed by atoms with Crippen LogP contribution >= 0.6 is 11.6 Å². The molecule has 1 N–H and O–H groups in total. The number of nitrogens with one attached hydrogen (secondary N) is 1. The largest absolute Gasteiger partial charge is 0.496 e. The summed E-state index contributed by atoms with van der Waals surface area (Å²) < 4.78 is 35.5. The molecule has 49 heavy (non-hydrogen) atoms. The number of rotatable bonds is 10. The van der Waals surface area contributed by atoms with Crippen molar-refractivity contribution >= 4 is 62.4 Å². The molecule has 3 aromatic carbocycles. The van der Waals surface area contributed by atoms with Gasteiger partial charge < -0.3 is 19.1 Å². The fraction of sp³-hybridized carbons (Fsp3) is 0.270. The molecule has 0 radical (unpaired) electrons. The highest BCUT2D eigenvalue weighted by Gasteiger charge is 2.23. The Kier molecular flexibility index (Phi) is 10.2. The number of methoxy groups -OCH3 is 1. The minimum atomic E-state index is -4.21. The topological polar surface area (TPSA) is 118 Å². The Balaban J connectivity index is 1.29. The van der Waals surface area contributed by atoms with E-state index >= 15 is 0 Å². The molecule has 0 atom stereocenters. The third kappa shape index (κ3) is 7.73. The molecule has 2 fully saturated rings. The average molecular weight is 701 g/mol. The van der Waals surface area contributed by atoms with Gasteiger partial charge in [0, 0.05) is 72.1 Å². The SMILES string of the molecule is COc1cc(C(=O)NS(=O)(=O)c2ccccc2Cl)ccc1Cn1cc(C=CC(=O)N2CCCC2)c2ccc(C=CC(=O)N3CCCC3)cc21. The maximum atomic E-state index is 13.0. The van der Waals surface area contributed by atoms with E-state index in [1.165, 1.54) is 37.4 Å². The van der Waals surface area contributed by atoms with Gasteiger partial charge in [-0.2, -0.15) is 0 Å². The van der Waals surface area contributed by atoms with E-state index in [-0.39, 0.29) is 27.3 Å². The number of ether oxygens (including phenoxy) is 1. The normalized spacial score (nSPS) is 15.1. The van der Waals surface area contributed by atoms with Crippen molar-refractivity contribution in [1.29, 1.82) is 0 Å². The molecule has 3 amide bonds. The number of hydrogen-bond donors (Lipinski definition) is 1. The van der Waals surface area contributed by atoms with Gasteiger partial charge >= 0.3 is 0 Å². The van der Waals surface area contributed by atoms with Crippen LogP contribution in [-0.2, 0) is 26.2 Å². The molecule has 2 aliphatic rings. The second kappa shape index (κ2) is 14.7. The van der Waals surface area contributed by atoms with Crippen LogP contribution in [0.4, 0.5) is 0 Å². The molecular formula is C37H37ClN4O6S. The van der Waals surface area contributed by atoms with Gasteiger partial charge in [0.2, 0.25) is 11.8 Å². The number of aromatic nitrogens is 1. The highest BCUT2D eigenvalue weighted by Crippen LogP contribution is 2.29. The lowest BCUT2D eigenvalue weighted by Gasteiger charge is -2.13. The zero-order valence-electron chi connectivity index (χ0n) is 27.1. The van der Waals surface area contributed by atoms with Crippen molar-refractivity contribution in [1.82, 2.24) is 19.1 Å². The summed E-state index contributed by atoms with van der Waals surface area (Å²) in [5.74, 6) is -0.472. The van der Waals surface area contributed by atoms with Crippen LogP contribution in [-0.4, -0.2) is 73.8 Å². The Hall–Kier alpha value is -4.87. The number of amides is 3. The minimum absolute atomic E-state index is 0.00106. The number of benzene rings is 3. The van der Waals surface area contributed by atoms with Crippen LogP contribution in [0.5, 0.6) is 5.75 Å². The van der Waals surface area contributed by atoms with Crippen LogP contribution in [0, 0.1) is 0 Å². The third-order valence-electron chi connectivity index (χ3n) is 8.84. The molecule has 6 rings (SSSR count). The number of sulfonamides is 1. The van der Waals surface area contributed by atoms with E-state index in [1.54, 1.807) is 24.3 Å². The molecule has 12 heteroatoms. The van der Waals surface area contributed by atoms with Crippen LogP contribution in [0.2, 0.25) is 5.02 Å². The van der Waals surface area contributed by atoms with E-state index in [0.717, 1.165) is 79.5 Å². The quantitative estimate of drug-likeness (QED) is 0.211. The fourth-order valence-corrected chi connectivity index (χ4v) is 7.71. The van der Waals surface area contributed by atoms with E-state index in [1.807, 2.05) is 50.9 Å².